The number of halogens is 1. The van der Waals surface area contributed by atoms with E-state index in [2.05, 4.69) is 5.32 Å². The second-order valence-corrected chi connectivity index (χ2v) is 5.87. The topological polar surface area (TPSA) is 47.6 Å². The van der Waals surface area contributed by atoms with Crippen molar-refractivity contribution >= 4 is 23.6 Å². The first kappa shape index (κ1) is 18.9. The van der Waals surface area contributed by atoms with Gasteiger partial charge in [-0.05, 0) is 47.9 Å². The molecule has 0 radical (unpaired) electrons. The van der Waals surface area contributed by atoms with Crippen LogP contribution < -0.4 is 14.8 Å². The lowest BCUT2D eigenvalue weighted by Crippen LogP contribution is -2.20. The van der Waals surface area contributed by atoms with Gasteiger partial charge in [0.1, 0.15) is 0 Å². The molecule has 0 aliphatic heterocycles. The number of methoxy groups -OCH3 is 1. The van der Waals surface area contributed by atoms with Gasteiger partial charge >= 0.3 is 0 Å². The maximum absolute atomic E-state index is 11.9. The number of hydrogen-bond acceptors (Lipinski definition) is 3. The molecule has 132 valence electrons. The lowest BCUT2D eigenvalue weighted by atomic mass is 10.2. The molecule has 0 bridgehead atoms. The third-order valence-corrected chi connectivity index (χ3v) is 3.71. The van der Waals surface area contributed by atoms with Gasteiger partial charge in [0, 0.05) is 17.6 Å². The van der Waals surface area contributed by atoms with Gasteiger partial charge < -0.3 is 14.8 Å². The van der Waals surface area contributed by atoms with Gasteiger partial charge in [0.2, 0.25) is 5.91 Å². The zero-order valence-electron chi connectivity index (χ0n) is 14.4. The van der Waals surface area contributed by atoms with Crippen molar-refractivity contribution in [1.29, 1.82) is 0 Å². The molecule has 5 heteroatoms. The van der Waals surface area contributed by atoms with E-state index in [1.54, 1.807) is 25.3 Å². The summed E-state index contributed by atoms with van der Waals surface area (Å²) in [5, 5.41) is 3.51. The average Bonchev–Trinajstić information content (AvgIpc) is 2.64. The van der Waals surface area contributed by atoms with Crippen LogP contribution in [0.4, 0.5) is 0 Å². The Morgan fingerprint density at radius 1 is 1.16 bits per heavy atom. The van der Waals surface area contributed by atoms with E-state index in [1.165, 1.54) is 6.08 Å². The molecule has 1 amide bonds. The number of amides is 1. The summed E-state index contributed by atoms with van der Waals surface area (Å²) in [6, 6.07) is 12.9. The summed E-state index contributed by atoms with van der Waals surface area (Å²) >= 11 is 5.83. The lowest BCUT2D eigenvalue weighted by Gasteiger charge is -2.11. The van der Waals surface area contributed by atoms with E-state index in [0.29, 0.717) is 29.7 Å². The lowest BCUT2D eigenvalue weighted by molar-refractivity contribution is -0.116. The monoisotopic (exact) mass is 359 g/mol. The van der Waals surface area contributed by atoms with Crippen molar-refractivity contribution in [2.24, 2.45) is 0 Å². The first-order valence-corrected chi connectivity index (χ1v) is 8.51. The predicted molar refractivity (Wildman–Crippen MR) is 101 cm³/mol. The predicted octanol–water partition coefficient (Wildman–Crippen LogP) is 4.47. The fourth-order valence-corrected chi connectivity index (χ4v) is 2.27. The summed E-state index contributed by atoms with van der Waals surface area (Å²) in [6.07, 6.45) is 4.17. The van der Waals surface area contributed by atoms with Gasteiger partial charge in [-0.15, -0.1) is 0 Å². The summed E-state index contributed by atoms with van der Waals surface area (Å²) in [7, 11) is 1.60. The van der Waals surface area contributed by atoms with E-state index >= 15 is 0 Å². The molecule has 0 atom stereocenters. The largest absolute Gasteiger partial charge is 0.493 e. The number of carbonyl (C=O) groups is 1. The van der Waals surface area contributed by atoms with Crippen molar-refractivity contribution in [1.82, 2.24) is 5.32 Å². The zero-order chi connectivity index (χ0) is 18.1. The molecule has 0 aliphatic rings. The van der Waals surface area contributed by atoms with Gasteiger partial charge in [0.05, 0.1) is 13.7 Å². The van der Waals surface area contributed by atoms with E-state index < -0.39 is 0 Å². The van der Waals surface area contributed by atoms with Crippen LogP contribution in [0.2, 0.25) is 5.02 Å². The highest BCUT2D eigenvalue weighted by Gasteiger charge is 2.06. The van der Waals surface area contributed by atoms with Crippen molar-refractivity contribution in [3.63, 3.8) is 0 Å². The fourth-order valence-electron chi connectivity index (χ4n) is 2.15. The van der Waals surface area contributed by atoms with Crippen LogP contribution in [0.3, 0.4) is 0 Å². The van der Waals surface area contributed by atoms with Crippen molar-refractivity contribution in [2.75, 3.05) is 13.7 Å². The molecular weight excluding hydrogens is 338 g/mol. The molecule has 25 heavy (non-hydrogen) atoms. The first-order valence-electron chi connectivity index (χ1n) is 8.13. The van der Waals surface area contributed by atoms with Crippen molar-refractivity contribution in [3.05, 3.63) is 64.7 Å². The third kappa shape index (κ3) is 6.16. The van der Waals surface area contributed by atoms with Gasteiger partial charge in [-0.25, -0.2) is 0 Å². The smallest absolute Gasteiger partial charge is 0.244 e. The Morgan fingerprint density at radius 3 is 2.60 bits per heavy atom. The molecule has 0 unspecified atom stereocenters. The molecule has 1 N–H and O–H groups in total. The SMILES string of the molecule is CCCOc1ccc(CNC(=O)/C=C/c2ccc(Cl)cc2)cc1OC. The Bertz CT molecular complexity index is 726. The molecule has 0 heterocycles. The van der Waals surface area contributed by atoms with Gasteiger partial charge in [0.25, 0.3) is 0 Å². The van der Waals surface area contributed by atoms with Crippen LogP contribution in [0, 0.1) is 0 Å². The molecule has 0 saturated carbocycles. The summed E-state index contributed by atoms with van der Waals surface area (Å²) in [4.78, 5) is 11.9. The van der Waals surface area contributed by atoms with Crippen molar-refractivity contribution < 1.29 is 14.3 Å². The zero-order valence-corrected chi connectivity index (χ0v) is 15.2. The molecule has 2 aromatic carbocycles. The number of hydrogen-bond donors (Lipinski definition) is 1. The van der Waals surface area contributed by atoms with Crippen LogP contribution in [-0.4, -0.2) is 19.6 Å². The maximum atomic E-state index is 11.9. The number of nitrogens with one attached hydrogen (secondary N) is 1. The number of benzene rings is 2. The summed E-state index contributed by atoms with van der Waals surface area (Å²) < 4.78 is 11.0. The van der Waals surface area contributed by atoms with Crippen LogP contribution >= 0.6 is 11.6 Å². The normalized spacial score (nSPS) is 10.7. The fraction of sp³-hybridized carbons (Fsp3) is 0.250. The molecule has 0 aliphatic carbocycles. The Morgan fingerprint density at radius 2 is 1.92 bits per heavy atom. The quantitative estimate of drug-likeness (QED) is 0.707. The molecule has 4 nitrogen and oxygen atoms in total. The Kier molecular flexibility index (Phi) is 7.36. The van der Waals surface area contributed by atoms with E-state index in [4.69, 9.17) is 21.1 Å². The Labute approximate surface area is 153 Å². The molecule has 0 aromatic heterocycles. The Hall–Kier alpha value is -2.46. The minimum atomic E-state index is -0.166. The Balaban J connectivity index is 1.91. The van der Waals surface area contributed by atoms with Crippen molar-refractivity contribution in [2.45, 2.75) is 19.9 Å². The third-order valence-electron chi connectivity index (χ3n) is 3.45. The highest BCUT2D eigenvalue weighted by atomic mass is 35.5. The molecule has 0 saturated heterocycles. The van der Waals surface area contributed by atoms with Crippen LogP contribution in [0.15, 0.2) is 48.5 Å². The second kappa shape index (κ2) is 9.74. The minimum Gasteiger partial charge on any atom is -0.493 e. The van der Waals surface area contributed by atoms with Gasteiger partial charge in [-0.1, -0.05) is 36.7 Å². The highest BCUT2D eigenvalue weighted by molar-refractivity contribution is 6.30. The van der Waals surface area contributed by atoms with Crippen LogP contribution in [-0.2, 0) is 11.3 Å². The second-order valence-electron chi connectivity index (χ2n) is 5.44. The number of carbonyl (C=O) groups excluding carboxylic acids is 1. The molecular formula is C20H22ClNO3. The van der Waals surface area contributed by atoms with E-state index in [1.807, 2.05) is 37.3 Å². The van der Waals surface area contributed by atoms with Crippen LogP contribution in [0.5, 0.6) is 11.5 Å². The van der Waals surface area contributed by atoms with Crippen LogP contribution in [0.1, 0.15) is 24.5 Å². The summed E-state index contributed by atoms with van der Waals surface area (Å²) in [5.41, 5.74) is 1.85. The van der Waals surface area contributed by atoms with Gasteiger partial charge in [-0.2, -0.15) is 0 Å². The van der Waals surface area contributed by atoms with E-state index in [9.17, 15) is 4.79 Å². The highest BCUT2D eigenvalue weighted by Crippen LogP contribution is 2.28. The molecule has 0 spiro atoms. The van der Waals surface area contributed by atoms with Crippen molar-refractivity contribution in [3.8, 4) is 11.5 Å². The first-order chi connectivity index (χ1) is 12.1. The number of ether oxygens (including phenoxy) is 2. The standard InChI is InChI=1S/C20H22ClNO3/c1-3-12-25-18-10-6-16(13-19(18)24-2)14-22-20(23)11-7-15-4-8-17(21)9-5-15/h4-11,13H,3,12,14H2,1-2H3,(H,22,23)/b11-7+. The maximum Gasteiger partial charge on any atom is 0.244 e. The average molecular weight is 360 g/mol. The molecule has 2 rings (SSSR count). The molecule has 2 aromatic rings. The van der Waals surface area contributed by atoms with Gasteiger partial charge in [0.15, 0.2) is 11.5 Å². The minimum absolute atomic E-state index is 0.166. The summed E-state index contributed by atoms with van der Waals surface area (Å²) in [6.45, 7) is 3.10. The van der Waals surface area contributed by atoms with E-state index in [0.717, 1.165) is 17.5 Å². The number of rotatable bonds is 8. The van der Waals surface area contributed by atoms with E-state index in [-0.39, 0.29) is 5.91 Å². The summed E-state index contributed by atoms with van der Waals surface area (Å²) in [5.74, 6) is 1.21. The molecule has 0 fully saturated rings. The van der Waals surface area contributed by atoms with Crippen LogP contribution in [0.25, 0.3) is 6.08 Å². The van der Waals surface area contributed by atoms with Gasteiger partial charge in [-0.3, -0.25) is 4.79 Å².